The van der Waals surface area contributed by atoms with Crippen LogP contribution in [0.4, 0.5) is 0 Å². The van der Waals surface area contributed by atoms with E-state index in [0.717, 1.165) is 42.7 Å². The van der Waals surface area contributed by atoms with E-state index in [2.05, 4.69) is 61.8 Å². The third-order valence-electron chi connectivity index (χ3n) is 4.90. The van der Waals surface area contributed by atoms with Gasteiger partial charge in [-0.2, -0.15) is 0 Å². The number of aromatic amines is 1. The molecule has 1 aliphatic rings. The Morgan fingerprint density at radius 2 is 1.79 bits per heavy atom. The summed E-state index contributed by atoms with van der Waals surface area (Å²) >= 11 is 1.36. The molecule has 1 saturated heterocycles. The zero-order chi connectivity index (χ0) is 17.3. The van der Waals surface area contributed by atoms with Gasteiger partial charge in [0, 0.05) is 24.5 Å². The lowest BCUT2D eigenvalue weighted by molar-refractivity contribution is 0.135. The molecule has 0 aliphatic carbocycles. The van der Waals surface area contributed by atoms with Gasteiger partial charge < -0.3 is 4.98 Å². The maximum atomic E-state index is 12.0. The summed E-state index contributed by atoms with van der Waals surface area (Å²) in [6, 6.07) is 8.62. The Labute approximate surface area is 148 Å². The van der Waals surface area contributed by atoms with E-state index in [-0.39, 0.29) is 4.87 Å². The molecule has 0 amide bonds. The molecule has 3 rings (SSSR count). The van der Waals surface area contributed by atoms with Gasteiger partial charge in [-0.1, -0.05) is 63.3 Å². The fourth-order valence-corrected chi connectivity index (χ4v) is 4.76. The zero-order valence-corrected chi connectivity index (χ0v) is 16.0. The Kier molecular flexibility index (Phi) is 5.26. The topological polar surface area (TPSA) is 36.1 Å². The first-order valence-electron chi connectivity index (χ1n) is 8.97. The normalized spacial score (nSPS) is 22.2. The van der Waals surface area contributed by atoms with Crippen LogP contribution < -0.4 is 4.87 Å². The number of nitrogens with zero attached hydrogens (tertiary/aromatic N) is 1. The molecule has 2 heterocycles. The monoisotopic (exact) mass is 344 g/mol. The second-order valence-corrected chi connectivity index (χ2v) is 8.80. The number of H-pyrrole nitrogens is 1. The van der Waals surface area contributed by atoms with Crippen molar-refractivity contribution in [1.29, 1.82) is 0 Å². The van der Waals surface area contributed by atoms with Gasteiger partial charge in [0.1, 0.15) is 0 Å². The van der Waals surface area contributed by atoms with Crippen molar-refractivity contribution < 1.29 is 0 Å². The Hall–Kier alpha value is -1.39. The van der Waals surface area contributed by atoms with E-state index in [1.54, 1.807) is 0 Å². The van der Waals surface area contributed by atoms with Crippen LogP contribution in [0.2, 0.25) is 0 Å². The van der Waals surface area contributed by atoms with Gasteiger partial charge in [0.2, 0.25) is 0 Å². The van der Waals surface area contributed by atoms with Gasteiger partial charge >= 0.3 is 4.87 Å². The highest BCUT2D eigenvalue weighted by Gasteiger charge is 2.23. The minimum Gasteiger partial charge on any atom is -0.312 e. The van der Waals surface area contributed by atoms with E-state index in [1.165, 1.54) is 28.2 Å². The van der Waals surface area contributed by atoms with Crippen molar-refractivity contribution in [3.63, 3.8) is 0 Å². The number of hydrogen-bond acceptors (Lipinski definition) is 3. The molecule has 0 radical (unpaired) electrons. The molecule has 2 atom stereocenters. The first-order chi connectivity index (χ1) is 11.4. The number of hydrogen-bond donors (Lipinski definition) is 1. The maximum Gasteiger partial charge on any atom is 0.305 e. The van der Waals surface area contributed by atoms with Gasteiger partial charge in [0.25, 0.3) is 0 Å². The summed E-state index contributed by atoms with van der Waals surface area (Å²) in [5.41, 5.74) is 3.45. The standard InChI is InChI=1S/C20H28N2OS/c1-13(2)16-5-7-17(8-6-16)19-18(24-20(23)21-19)12-22-10-14(3)9-15(4)11-22/h5-8,13-15H,9-12H2,1-4H3,(H,21,23). The Morgan fingerprint density at radius 3 is 2.38 bits per heavy atom. The molecule has 130 valence electrons. The summed E-state index contributed by atoms with van der Waals surface area (Å²) in [6.07, 6.45) is 1.31. The molecule has 3 nitrogen and oxygen atoms in total. The van der Waals surface area contributed by atoms with Crippen LogP contribution in [0.3, 0.4) is 0 Å². The first kappa shape index (κ1) is 17.4. The zero-order valence-electron chi connectivity index (χ0n) is 15.1. The van der Waals surface area contributed by atoms with Crippen LogP contribution in [-0.2, 0) is 6.54 Å². The van der Waals surface area contributed by atoms with Crippen LogP contribution in [0.15, 0.2) is 29.1 Å². The molecule has 2 aromatic rings. The van der Waals surface area contributed by atoms with Crippen molar-refractivity contribution in [2.24, 2.45) is 11.8 Å². The smallest absolute Gasteiger partial charge is 0.305 e. The number of rotatable bonds is 4. The van der Waals surface area contributed by atoms with Crippen LogP contribution in [0.5, 0.6) is 0 Å². The van der Waals surface area contributed by atoms with E-state index in [9.17, 15) is 4.79 Å². The fraction of sp³-hybridized carbons (Fsp3) is 0.550. The lowest BCUT2D eigenvalue weighted by Gasteiger charge is -2.34. The summed E-state index contributed by atoms with van der Waals surface area (Å²) < 4.78 is 0. The van der Waals surface area contributed by atoms with E-state index >= 15 is 0 Å². The Bertz CT molecular complexity index is 719. The van der Waals surface area contributed by atoms with Gasteiger partial charge in [-0.05, 0) is 35.3 Å². The van der Waals surface area contributed by atoms with Crippen molar-refractivity contribution >= 4 is 11.3 Å². The summed E-state index contributed by atoms with van der Waals surface area (Å²) in [5, 5.41) is 0. The number of piperidine rings is 1. The maximum absolute atomic E-state index is 12.0. The van der Waals surface area contributed by atoms with Crippen LogP contribution in [0.1, 0.15) is 50.5 Å². The highest BCUT2D eigenvalue weighted by atomic mass is 32.1. The average Bonchev–Trinajstić information content (AvgIpc) is 2.86. The van der Waals surface area contributed by atoms with Gasteiger partial charge in [-0.3, -0.25) is 9.69 Å². The second kappa shape index (κ2) is 7.24. The summed E-state index contributed by atoms with van der Waals surface area (Å²) in [5.74, 6) is 1.99. The highest BCUT2D eigenvalue weighted by molar-refractivity contribution is 7.09. The first-order valence-corrected chi connectivity index (χ1v) is 9.78. The van der Waals surface area contributed by atoms with Crippen molar-refractivity contribution in [3.8, 4) is 11.3 Å². The molecule has 0 bridgehead atoms. The van der Waals surface area contributed by atoms with Gasteiger partial charge in [-0.25, -0.2) is 0 Å². The summed E-state index contributed by atoms with van der Waals surface area (Å²) in [4.78, 5) is 18.7. The number of nitrogens with one attached hydrogen (secondary N) is 1. The predicted molar refractivity (Wildman–Crippen MR) is 103 cm³/mol. The molecule has 1 aliphatic heterocycles. The Balaban J connectivity index is 1.84. The molecular formula is C20H28N2OS. The number of thiazole rings is 1. The minimum atomic E-state index is 0.0473. The van der Waals surface area contributed by atoms with Crippen molar-refractivity contribution in [2.45, 2.75) is 46.6 Å². The van der Waals surface area contributed by atoms with Gasteiger partial charge in [-0.15, -0.1) is 0 Å². The largest absolute Gasteiger partial charge is 0.312 e. The van der Waals surface area contributed by atoms with Crippen molar-refractivity contribution in [2.75, 3.05) is 13.1 Å². The van der Waals surface area contributed by atoms with E-state index < -0.39 is 0 Å². The van der Waals surface area contributed by atoms with Crippen molar-refractivity contribution in [1.82, 2.24) is 9.88 Å². The third kappa shape index (κ3) is 3.98. The fourth-order valence-electron chi connectivity index (χ4n) is 3.86. The Morgan fingerprint density at radius 1 is 1.17 bits per heavy atom. The lowest BCUT2D eigenvalue weighted by atomic mass is 9.92. The second-order valence-electron chi connectivity index (χ2n) is 7.73. The number of benzene rings is 1. The molecule has 1 fully saturated rings. The highest BCUT2D eigenvalue weighted by Crippen LogP contribution is 2.29. The molecule has 0 saturated carbocycles. The van der Waals surface area contributed by atoms with Crippen LogP contribution in [-0.4, -0.2) is 23.0 Å². The van der Waals surface area contributed by atoms with E-state index in [1.807, 2.05) is 0 Å². The molecule has 24 heavy (non-hydrogen) atoms. The van der Waals surface area contributed by atoms with Crippen LogP contribution in [0.25, 0.3) is 11.3 Å². The van der Waals surface area contributed by atoms with Crippen LogP contribution >= 0.6 is 11.3 Å². The number of aromatic nitrogens is 1. The molecule has 0 spiro atoms. The summed E-state index contributed by atoms with van der Waals surface area (Å²) in [7, 11) is 0. The lowest BCUT2D eigenvalue weighted by Crippen LogP contribution is -2.38. The molecule has 1 N–H and O–H groups in total. The quantitative estimate of drug-likeness (QED) is 0.872. The van der Waals surface area contributed by atoms with Gasteiger partial charge in [0.15, 0.2) is 0 Å². The van der Waals surface area contributed by atoms with E-state index in [4.69, 9.17) is 0 Å². The molecular weight excluding hydrogens is 316 g/mol. The van der Waals surface area contributed by atoms with Crippen LogP contribution in [0, 0.1) is 11.8 Å². The molecule has 1 aromatic heterocycles. The number of likely N-dealkylation sites (tertiary alicyclic amines) is 1. The van der Waals surface area contributed by atoms with E-state index in [0.29, 0.717) is 5.92 Å². The predicted octanol–water partition coefficient (Wildman–Crippen LogP) is 4.70. The average molecular weight is 345 g/mol. The minimum absolute atomic E-state index is 0.0473. The van der Waals surface area contributed by atoms with Crippen molar-refractivity contribution in [3.05, 3.63) is 44.4 Å². The molecule has 2 unspecified atom stereocenters. The SMILES string of the molecule is CC1CC(C)CN(Cc2sc(=O)[nH]c2-c2ccc(C(C)C)cc2)C1. The van der Waals surface area contributed by atoms with Gasteiger partial charge in [0.05, 0.1) is 5.69 Å². The molecule has 1 aromatic carbocycles. The third-order valence-corrected chi connectivity index (χ3v) is 5.77. The molecule has 4 heteroatoms. The summed E-state index contributed by atoms with van der Waals surface area (Å²) in [6.45, 7) is 12.2.